The molecule has 8 nitrogen and oxygen atoms in total. The van der Waals surface area contributed by atoms with Crippen LogP contribution >= 0.6 is 0 Å². The number of fused-ring (bicyclic) bond motifs is 3. The lowest BCUT2D eigenvalue weighted by atomic mass is 9.51. The Morgan fingerprint density at radius 2 is 1.94 bits per heavy atom. The molecular weight excluding hydrogens is 461 g/mol. The van der Waals surface area contributed by atoms with Gasteiger partial charge in [-0.05, 0) is 18.6 Å². The molecule has 13 heteroatoms. The summed E-state index contributed by atoms with van der Waals surface area (Å²) in [4.78, 5) is 28.9. The van der Waals surface area contributed by atoms with Crippen molar-refractivity contribution in [3.8, 4) is 0 Å². The largest absolute Gasteiger partial charge is 0.417 e. The van der Waals surface area contributed by atoms with E-state index < -0.39 is 24.7 Å². The highest BCUT2D eigenvalue weighted by Crippen LogP contribution is 2.61. The topological polar surface area (TPSA) is 80.0 Å². The van der Waals surface area contributed by atoms with E-state index >= 15 is 0 Å². The zero-order valence-corrected chi connectivity index (χ0v) is 17.6. The van der Waals surface area contributed by atoms with Crippen LogP contribution in [0.3, 0.4) is 0 Å². The first-order valence-electron chi connectivity index (χ1n) is 10.7. The SMILES string of the molecule is O=C1C[C@]2(CC3C2CN3c2cnc3cnn(CC(F)F)c3n2)CN1c1ccc(C(F)(F)F)cn1. The van der Waals surface area contributed by atoms with Gasteiger partial charge in [0.05, 0.1) is 18.0 Å². The standard InChI is InChI=1S/C21H18F5N7O/c22-15(23)9-33-19-13(6-29-33)27-7-17(30-19)31-8-12-14(31)3-20(12)4-18(34)32(10-20)16-2-1-11(5-28-16)21(24,25)26/h1-2,5-7,12,14-15H,3-4,8-10H2/t12?,14?,20-/m1/s1. The first-order valence-corrected chi connectivity index (χ1v) is 10.7. The van der Waals surface area contributed by atoms with Crippen molar-refractivity contribution < 1.29 is 26.7 Å². The molecule has 3 atom stereocenters. The van der Waals surface area contributed by atoms with Gasteiger partial charge in [-0.1, -0.05) is 0 Å². The van der Waals surface area contributed by atoms with Crippen LogP contribution < -0.4 is 9.80 Å². The fourth-order valence-electron chi connectivity index (χ4n) is 5.48. The number of aromatic nitrogens is 5. The number of hydrogen-bond donors (Lipinski definition) is 0. The summed E-state index contributed by atoms with van der Waals surface area (Å²) in [5, 5.41) is 3.93. The molecule has 5 heterocycles. The van der Waals surface area contributed by atoms with Gasteiger partial charge in [-0.25, -0.2) is 28.4 Å². The second kappa shape index (κ2) is 7.06. The summed E-state index contributed by atoms with van der Waals surface area (Å²) >= 11 is 0. The number of carbonyl (C=O) groups is 1. The number of carbonyl (C=O) groups excluding carboxylic acids is 1. The first-order chi connectivity index (χ1) is 16.1. The normalized spacial score (nSPS) is 26.4. The van der Waals surface area contributed by atoms with E-state index in [1.165, 1.54) is 17.2 Å². The smallest absolute Gasteiger partial charge is 0.352 e. The number of alkyl halides is 5. The number of hydrogen-bond acceptors (Lipinski definition) is 6. The molecule has 34 heavy (non-hydrogen) atoms. The Bertz CT molecular complexity index is 1280. The molecule has 178 valence electrons. The van der Waals surface area contributed by atoms with Crippen molar-refractivity contribution in [2.75, 3.05) is 22.9 Å². The summed E-state index contributed by atoms with van der Waals surface area (Å²) in [7, 11) is 0. The zero-order valence-electron chi connectivity index (χ0n) is 17.6. The number of piperidine rings is 1. The Hall–Kier alpha value is -3.38. The number of halogens is 5. The number of anilines is 2. The first kappa shape index (κ1) is 21.2. The van der Waals surface area contributed by atoms with Crippen molar-refractivity contribution in [1.82, 2.24) is 24.7 Å². The van der Waals surface area contributed by atoms with E-state index in [4.69, 9.17) is 0 Å². The van der Waals surface area contributed by atoms with Crippen molar-refractivity contribution in [3.63, 3.8) is 0 Å². The van der Waals surface area contributed by atoms with Crippen molar-refractivity contribution >= 4 is 28.7 Å². The number of pyridine rings is 1. The van der Waals surface area contributed by atoms with Gasteiger partial charge in [0.15, 0.2) is 5.65 Å². The van der Waals surface area contributed by atoms with Crippen molar-refractivity contribution in [2.24, 2.45) is 11.3 Å². The zero-order chi connectivity index (χ0) is 23.8. The molecule has 6 rings (SSSR count). The van der Waals surface area contributed by atoms with Gasteiger partial charge in [-0.15, -0.1) is 0 Å². The third-order valence-electron chi connectivity index (χ3n) is 7.23. The summed E-state index contributed by atoms with van der Waals surface area (Å²) in [5.74, 6) is 0.865. The Morgan fingerprint density at radius 3 is 2.59 bits per heavy atom. The number of rotatable bonds is 4. The molecule has 3 fully saturated rings. The average Bonchev–Trinajstić information content (AvgIpc) is 3.32. The molecule has 1 saturated carbocycles. The van der Waals surface area contributed by atoms with E-state index in [0.717, 1.165) is 23.4 Å². The fraction of sp³-hybridized carbons (Fsp3) is 0.476. The van der Waals surface area contributed by atoms with Gasteiger partial charge >= 0.3 is 6.18 Å². The van der Waals surface area contributed by atoms with Crippen LogP contribution in [-0.4, -0.2) is 56.2 Å². The lowest BCUT2D eigenvalue weighted by Gasteiger charge is -2.65. The van der Waals surface area contributed by atoms with Gasteiger partial charge in [0.1, 0.15) is 23.7 Å². The quantitative estimate of drug-likeness (QED) is 0.535. The second-order valence-corrected chi connectivity index (χ2v) is 9.11. The minimum absolute atomic E-state index is 0.145. The molecule has 1 spiro atoms. The molecule has 3 aromatic heterocycles. The minimum atomic E-state index is -4.48. The van der Waals surface area contributed by atoms with Crippen molar-refractivity contribution in [1.29, 1.82) is 0 Å². The molecular formula is C21H18F5N7O. The predicted molar refractivity (Wildman–Crippen MR) is 109 cm³/mol. The molecule has 3 aliphatic rings. The molecule has 2 saturated heterocycles. The summed E-state index contributed by atoms with van der Waals surface area (Å²) in [5.41, 5.74) is -0.375. The van der Waals surface area contributed by atoms with E-state index in [9.17, 15) is 26.7 Å². The fourth-order valence-corrected chi connectivity index (χ4v) is 5.48. The summed E-state index contributed by atoms with van der Waals surface area (Å²) in [6.45, 7) is 0.479. The van der Waals surface area contributed by atoms with Crippen LogP contribution in [0.1, 0.15) is 18.4 Å². The highest BCUT2D eigenvalue weighted by molar-refractivity contribution is 5.96. The van der Waals surface area contributed by atoms with Gasteiger partial charge < -0.3 is 4.90 Å². The Labute approximate surface area is 189 Å². The minimum Gasteiger partial charge on any atom is -0.352 e. The summed E-state index contributed by atoms with van der Waals surface area (Å²) in [6, 6.07) is 2.31. The van der Waals surface area contributed by atoms with Crippen LogP contribution in [0.15, 0.2) is 30.7 Å². The van der Waals surface area contributed by atoms with Crippen LogP contribution in [0.5, 0.6) is 0 Å². The lowest BCUT2D eigenvalue weighted by molar-refractivity contribution is -0.137. The molecule has 0 aromatic carbocycles. The highest BCUT2D eigenvalue weighted by Gasteiger charge is 2.66. The van der Waals surface area contributed by atoms with Crippen molar-refractivity contribution in [3.05, 3.63) is 36.3 Å². The van der Waals surface area contributed by atoms with Crippen LogP contribution in [0.25, 0.3) is 11.2 Å². The Morgan fingerprint density at radius 1 is 1.12 bits per heavy atom. The van der Waals surface area contributed by atoms with Gasteiger partial charge in [-0.3, -0.25) is 9.69 Å². The lowest BCUT2D eigenvalue weighted by Crippen LogP contribution is -2.72. The van der Waals surface area contributed by atoms with E-state index in [-0.39, 0.29) is 29.1 Å². The van der Waals surface area contributed by atoms with E-state index in [1.807, 2.05) is 4.90 Å². The molecule has 0 radical (unpaired) electrons. The number of amides is 1. The van der Waals surface area contributed by atoms with Crippen LogP contribution in [0.4, 0.5) is 33.6 Å². The Balaban J connectivity index is 1.16. The van der Waals surface area contributed by atoms with E-state index in [1.54, 1.807) is 6.20 Å². The summed E-state index contributed by atoms with van der Waals surface area (Å²) in [6.07, 6.45) is -2.27. The van der Waals surface area contributed by atoms with Gasteiger partial charge in [0, 0.05) is 43.1 Å². The second-order valence-electron chi connectivity index (χ2n) is 9.11. The van der Waals surface area contributed by atoms with Gasteiger partial charge in [0.2, 0.25) is 5.91 Å². The summed E-state index contributed by atoms with van der Waals surface area (Å²) < 4.78 is 65.2. The van der Waals surface area contributed by atoms with Gasteiger partial charge in [0.25, 0.3) is 6.43 Å². The third kappa shape index (κ3) is 3.12. The number of nitrogens with zero attached hydrogens (tertiary/aromatic N) is 7. The molecule has 3 aromatic rings. The molecule has 2 aliphatic heterocycles. The molecule has 0 N–H and O–H groups in total. The molecule has 2 unspecified atom stereocenters. The highest BCUT2D eigenvalue weighted by atomic mass is 19.4. The van der Waals surface area contributed by atoms with E-state index in [0.29, 0.717) is 36.5 Å². The maximum atomic E-state index is 12.8. The van der Waals surface area contributed by atoms with Crippen molar-refractivity contribution in [2.45, 2.75) is 38.0 Å². The monoisotopic (exact) mass is 479 g/mol. The van der Waals surface area contributed by atoms with Crippen LogP contribution in [-0.2, 0) is 17.5 Å². The third-order valence-corrected chi connectivity index (χ3v) is 7.23. The maximum Gasteiger partial charge on any atom is 0.417 e. The molecule has 0 bridgehead atoms. The van der Waals surface area contributed by atoms with Crippen LogP contribution in [0, 0.1) is 11.3 Å². The van der Waals surface area contributed by atoms with Gasteiger partial charge in [-0.2, -0.15) is 18.3 Å². The predicted octanol–water partition coefficient (Wildman–Crippen LogP) is 3.14. The molecule has 1 amide bonds. The van der Waals surface area contributed by atoms with E-state index in [2.05, 4.69) is 20.1 Å². The average molecular weight is 479 g/mol. The molecule has 1 aliphatic carbocycles. The Kier molecular flexibility index (Phi) is 4.40. The maximum absolute atomic E-state index is 12.8. The van der Waals surface area contributed by atoms with Crippen LogP contribution in [0.2, 0.25) is 0 Å².